The number of anilines is 1. The second-order valence-corrected chi connectivity index (χ2v) is 12.8. The molecule has 1 aliphatic carbocycles. The van der Waals surface area contributed by atoms with Crippen LogP contribution in [0.1, 0.15) is 49.3 Å². The van der Waals surface area contributed by atoms with E-state index in [0.717, 1.165) is 46.7 Å². The van der Waals surface area contributed by atoms with Crippen LogP contribution in [0.2, 0.25) is 5.02 Å². The van der Waals surface area contributed by atoms with Crippen molar-refractivity contribution in [1.29, 1.82) is 0 Å². The van der Waals surface area contributed by atoms with Gasteiger partial charge in [0.25, 0.3) is 10.0 Å². The molecule has 2 amide bonds. The Labute approximate surface area is 242 Å². The van der Waals surface area contributed by atoms with Crippen molar-refractivity contribution in [3.05, 3.63) is 94.5 Å². The third-order valence-corrected chi connectivity index (χ3v) is 9.35. The summed E-state index contributed by atoms with van der Waals surface area (Å²) in [6, 6.07) is 19.8. The number of amides is 2. The molecule has 0 unspecified atom stereocenters. The first-order valence-corrected chi connectivity index (χ1v) is 15.4. The Morgan fingerprint density at radius 2 is 1.60 bits per heavy atom. The maximum atomic E-state index is 14.0. The van der Waals surface area contributed by atoms with Crippen LogP contribution in [-0.4, -0.2) is 43.8 Å². The minimum absolute atomic E-state index is 0.0677. The maximum Gasteiger partial charge on any atom is 0.264 e. The van der Waals surface area contributed by atoms with Gasteiger partial charge >= 0.3 is 0 Å². The van der Waals surface area contributed by atoms with Crippen molar-refractivity contribution in [1.82, 2.24) is 10.2 Å². The number of hydrogen-bond acceptors (Lipinski definition) is 4. The molecule has 0 radical (unpaired) electrons. The predicted octanol–water partition coefficient (Wildman–Crippen LogP) is 5.63. The van der Waals surface area contributed by atoms with Crippen molar-refractivity contribution in [2.75, 3.05) is 10.8 Å². The quantitative estimate of drug-likeness (QED) is 0.336. The molecule has 3 aromatic rings. The van der Waals surface area contributed by atoms with Crippen LogP contribution in [0, 0.1) is 13.8 Å². The summed E-state index contributed by atoms with van der Waals surface area (Å²) < 4.78 is 28.8. The van der Waals surface area contributed by atoms with Gasteiger partial charge in [0.15, 0.2) is 0 Å². The molecule has 9 heteroatoms. The van der Waals surface area contributed by atoms with Crippen LogP contribution in [0.5, 0.6) is 0 Å². The van der Waals surface area contributed by atoms with Crippen LogP contribution in [0.15, 0.2) is 77.7 Å². The summed E-state index contributed by atoms with van der Waals surface area (Å²) in [5.74, 6) is -0.728. The molecule has 212 valence electrons. The van der Waals surface area contributed by atoms with E-state index in [0.29, 0.717) is 10.7 Å². The van der Waals surface area contributed by atoms with Gasteiger partial charge in [0.2, 0.25) is 11.8 Å². The fraction of sp³-hybridized carbons (Fsp3) is 0.355. The monoisotopic (exact) mass is 581 g/mol. The molecule has 1 saturated carbocycles. The first kappa shape index (κ1) is 29.6. The molecule has 1 fully saturated rings. The van der Waals surface area contributed by atoms with Crippen LogP contribution in [-0.2, 0) is 26.2 Å². The molecule has 7 nitrogen and oxygen atoms in total. The fourth-order valence-corrected chi connectivity index (χ4v) is 6.50. The Morgan fingerprint density at radius 3 is 2.23 bits per heavy atom. The summed E-state index contributed by atoms with van der Waals surface area (Å²) >= 11 is 6.08. The summed E-state index contributed by atoms with van der Waals surface area (Å²) in [5.41, 5.74) is 3.10. The first-order chi connectivity index (χ1) is 19.0. The summed E-state index contributed by atoms with van der Waals surface area (Å²) in [7, 11) is -4.11. The van der Waals surface area contributed by atoms with Gasteiger partial charge in [-0.1, -0.05) is 72.0 Å². The highest BCUT2D eigenvalue weighted by atomic mass is 35.5. The van der Waals surface area contributed by atoms with E-state index in [1.54, 1.807) is 43.3 Å². The smallest absolute Gasteiger partial charge is 0.264 e. The van der Waals surface area contributed by atoms with Crippen molar-refractivity contribution in [3.63, 3.8) is 0 Å². The van der Waals surface area contributed by atoms with E-state index in [4.69, 9.17) is 11.6 Å². The first-order valence-electron chi connectivity index (χ1n) is 13.5. The molecule has 40 heavy (non-hydrogen) atoms. The van der Waals surface area contributed by atoms with Gasteiger partial charge in [0.05, 0.1) is 10.6 Å². The van der Waals surface area contributed by atoms with Crippen LogP contribution in [0.4, 0.5) is 5.69 Å². The molecule has 0 aromatic heterocycles. The number of nitrogens with one attached hydrogen (secondary N) is 1. The van der Waals surface area contributed by atoms with E-state index >= 15 is 0 Å². The summed E-state index contributed by atoms with van der Waals surface area (Å²) in [6.45, 7) is 5.21. The molecule has 0 heterocycles. The van der Waals surface area contributed by atoms with Gasteiger partial charge in [0, 0.05) is 17.6 Å². The lowest BCUT2D eigenvalue weighted by molar-refractivity contribution is -0.139. The third-order valence-electron chi connectivity index (χ3n) is 7.31. The summed E-state index contributed by atoms with van der Waals surface area (Å²) in [6.07, 6.45) is 3.98. The lowest BCUT2D eigenvalue weighted by atomic mass is 10.1. The molecule has 1 aliphatic rings. The van der Waals surface area contributed by atoms with E-state index in [-0.39, 0.29) is 23.4 Å². The van der Waals surface area contributed by atoms with Crippen molar-refractivity contribution in [3.8, 4) is 0 Å². The summed E-state index contributed by atoms with van der Waals surface area (Å²) in [5, 5.41) is 3.53. The standard InChI is InChI=1S/C31H36ClN3O4S/c1-22-11-17-29(18-12-22)40(38,39)35(28-15-13-26(32)14-16-28)21-30(36)34(20-25-8-6-7-23(2)19-25)24(3)31(37)33-27-9-4-5-10-27/h6-8,11-19,24,27H,4-5,9-10,20-21H2,1-3H3,(H,33,37)/t24-/m1/s1. The largest absolute Gasteiger partial charge is 0.352 e. The van der Waals surface area contributed by atoms with Gasteiger partial charge < -0.3 is 10.2 Å². The van der Waals surface area contributed by atoms with E-state index in [9.17, 15) is 18.0 Å². The number of aryl methyl sites for hydroxylation is 2. The second kappa shape index (κ2) is 12.9. The molecule has 0 aliphatic heterocycles. The number of sulfonamides is 1. The van der Waals surface area contributed by atoms with Crippen LogP contribution >= 0.6 is 11.6 Å². The molecule has 1 atom stereocenters. The maximum absolute atomic E-state index is 14.0. The van der Waals surface area contributed by atoms with Gasteiger partial charge in [0.1, 0.15) is 12.6 Å². The normalized spacial score (nSPS) is 14.5. The number of carbonyl (C=O) groups is 2. The Bertz CT molecular complexity index is 1440. The Kier molecular flexibility index (Phi) is 9.53. The van der Waals surface area contributed by atoms with Crippen LogP contribution in [0.3, 0.4) is 0 Å². The lowest BCUT2D eigenvalue weighted by Crippen LogP contribution is -2.52. The van der Waals surface area contributed by atoms with Crippen LogP contribution < -0.4 is 9.62 Å². The number of nitrogens with zero attached hydrogens (tertiary/aromatic N) is 2. The van der Waals surface area contributed by atoms with Crippen molar-refractivity contribution < 1.29 is 18.0 Å². The van der Waals surface area contributed by atoms with Gasteiger partial charge in [-0.05, 0) is 75.6 Å². The number of rotatable bonds is 10. The Hall–Kier alpha value is -3.36. The molecular formula is C31H36ClN3O4S. The second-order valence-electron chi connectivity index (χ2n) is 10.5. The highest BCUT2D eigenvalue weighted by molar-refractivity contribution is 7.92. The molecular weight excluding hydrogens is 546 g/mol. The van der Waals surface area contributed by atoms with E-state index < -0.39 is 28.5 Å². The van der Waals surface area contributed by atoms with Crippen molar-refractivity contribution in [2.24, 2.45) is 0 Å². The van der Waals surface area contributed by atoms with Gasteiger partial charge in [-0.2, -0.15) is 0 Å². The highest BCUT2D eigenvalue weighted by Crippen LogP contribution is 2.26. The number of benzene rings is 3. The number of halogens is 1. The molecule has 4 rings (SSSR count). The number of hydrogen-bond donors (Lipinski definition) is 1. The zero-order valence-electron chi connectivity index (χ0n) is 23.1. The highest BCUT2D eigenvalue weighted by Gasteiger charge is 2.33. The minimum atomic E-state index is -4.11. The van der Waals surface area contributed by atoms with Gasteiger partial charge in [-0.25, -0.2) is 8.42 Å². The lowest BCUT2D eigenvalue weighted by Gasteiger charge is -2.32. The zero-order chi connectivity index (χ0) is 28.9. The van der Waals surface area contributed by atoms with E-state index in [1.165, 1.54) is 17.0 Å². The van der Waals surface area contributed by atoms with Gasteiger partial charge in [-0.3, -0.25) is 13.9 Å². The van der Waals surface area contributed by atoms with Crippen molar-refractivity contribution in [2.45, 2.75) is 70.0 Å². The average Bonchev–Trinajstić information content (AvgIpc) is 3.44. The zero-order valence-corrected chi connectivity index (χ0v) is 24.7. The van der Waals surface area contributed by atoms with Crippen LogP contribution in [0.25, 0.3) is 0 Å². The Morgan fingerprint density at radius 1 is 0.950 bits per heavy atom. The van der Waals surface area contributed by atoms with E-state index in [2.05, 4.69) is 5.32 Å². The minimum Gasteiger partial charge on any atom is -0.352 e. The fourth-order valence-electron chi connectivity index (χ4n) is 4.96. The molecule has 0 saturated heterocycles. The molecule has 1 N–H and O–H groups in total. The van der Waals surface area contributed by atoms with Gasteiger partial charge in [-0.15, -0.1) is 0 Å². The van der Waals surface area contributed by atoms with Crippen molar-refractivity contribution >= 4 is 39.1 Å². The molecule has 0 spiro atoms. The third kappa shape index (κ3) is 7.23. The van der Waals surface area contributed by atoms with E-state index in [1.807, 2.05) is 38.1 Å². The SMILES string of the molecule is Cc1ccc(S(=O)(=O)N(CC(=O)N(Cc2cccc(C)c2)[C@H](C)C(=O)NC2CCCC2)c2ccc(Cl)cc2)cc1. The molecule has 0 bridgehead atoms. The number of carbonyl (C=O) groups excluding carboxylic acids is 2. The summed E-state index contributed by atoms with van der Waals surface area (Å²) in [4.78, 5) is 28.8. The topological polar surface area (TPSA) is 86.8 Å². The predicted molar refractivity (Wildman–Crippen MR) is 159 cm³/mol. The Balaban J connectivity index is 1.68. The average molecular weight is 582 g/mol. The molecule has 3 aromatic carbocycles.